The largest absolute Gasteiger partial charge is 0.443 e. The number of benzene rings is 1. The molecule has 1 rings (SSSR count). The molecule has 1 aromatic carbocycles. The van der Waals surface area contributed by atoms with Crippen LogP contribution >= 0.6 is 0 Å². The predicted octanol–water partition coefficient (Wildman–Crippen LogP) is 2.98. The van der Waals surface area contributed by atoms with Gasteiger partial charge in [-0.1, -0.05) is 12.1 Å². The van der Waals surface area contributed by atoms with E-state index < -0.39 is 5.60 Å². The van der Waals surface area contributed by atoms with E-state index in [4.69, 9.17) is 9.84 Å². The molecule has 0 heterocycles. The van der Waals surface area contributed by atoms with Crippen molar-refractivity contribution >= 4 is 11.8 Å². The fourth-order valence-electron chi connectivity index (χ4n) is 1.61. The second kappa shape index (κ2) is 6.57. The van der Waals surface area contributed by atoms with Crippen molar-refractivity contribution in [1.82, 2.24) is 0 Å². The predicted molar refractivity (Wildman–Crippen MR) is 76.5 cm³/mol. The molecule has 0 fully saturated rings. The first-order valence-electron chi connectivity index (χ1n) is 6.50. The van der Waals surface area contributed by atoms with E-state index >= 15 is 0 Å². The Labute approximate surface area is 115 Å². The summed E-state index contributed by atoms with van der Waals surface area (Å²) in [6, 6.07) is 7.70. The first-order chi connectivity index (χ1) is 8.83. The van der Waals surface area contributed by atoms with Gasteiger partial charge in [0.1, 0.15) is 5.60 Å². The zero-order valence-electron chi connectivity index (χ0n) is 12.1. The minimum Gasteiger partial charge on any atom is -0.443 e. The molecule has 0 atom stereocenters. The number of hydrogen-bond donors (Lipinski definition) is 1. The Kier molecular flexibility index (Phi) is 5.36. The number of aliphatic hydroxyl groups excluding tert-OH is 1. The van der Waals surface area contributed by atoms with Gasteiger partial charge >= 0.3 is 6.09 Å². The van der Waals surface area contributed by atoms with Gasteiger partial charge in [-0.15, -0.1) is 0 Å². The molecular weight excluding hydrogens is 242 g/mol. The summed E-state index contributed by atoms with van der Waals surface area (Å²) < 4.78 is 5.30. The number of amides is 1. The summed E-state index contributed by atoms with van der Waals surface area (Å²) in [6.07, 6.45) is 1.23. The fourth-order valence-corrected chi connectivity index (χ4v) is 1.61. The molecule has 0 aromatic heterocycles. The highest BCUT2D eigenvalue weighted by Crippen LogP contribution is 2.18. The first kappa shape index (κ1) is 15.5. The molecule has 0 aliphatic heterocycles. The maximum absolute atomic E-state index is 11.9. The van der Waals surface area contributed by atoms with Crippen molar-refractivity contribution in [2.45, 2.75) is 39.2 Å². The van der Waals surface area contributed by atoms with E-state index in [-0.39, 0.29) is 12.7 Å². The van der Waals surface area contributed by atoms with Crippen LogP contribution in [0.1, 0.15) is 32.8 Å². The van der Waals surface area contributed by atoms with E-state index in [1.54, 1.807) is 7.05 Å². The van der Waals surface area contributed by atoms with Crippen molar-refractivity contribution in [3.05, 3.63) is 29.8 Å². The van der Waals surface area contributed by atoms with E-state index in [1.165, 1.54) is 4.90 Å². The van der Waals surface area contributed by atoms with Gasteiger partial charge in [-0.2, -0.15) is 0 Å². The van der Waals surface area contributed by atoms with Crippen LogP contribution < -0.4 is 4.90 Å². The normalized spacial score (nSPS) is 11.2. The number of nitrogens with zero attached hydrogens (tertiary/aromatic N) is 1. The molecule has 0 aliphatic rings. The number of carbonyl (C=O) groups is 1. The van der Waals surface area contributed by atoms with E-state index in [2.05, 4.69) is 0 Å². The van der Waals surface area contributed by atoms with Gasteiger partial charge in [0.15, 0.2) is 0 Å². The second-order valence-corrected chi connectivity index (χ2v) is 5.53. The number of anilines is 1. The van der Waals surface area contributed by atoms with Crippen LogP contribution in [0.25, 0.3) is 0 Å². The van der Waals surface area contributed by atoms with E-state index in [0.717, 1.165) is 24.1 Å². The van der Waals surface area contributed by atoms with E-state index in [9.17, 15) is 4.79 Å². The van der Waals surface area contributed by atoms with Gasteiger partial charge < -0.3 is 9.84 Å². The summed E-state index contributed by atoms with van der Waals surface area (Å²) in [5.74, 6) is 0. The summed E-state index contributed by atoms with van der Waals surface area (Å²) in [7, 11) is 1.69. The standard InChI is InChI=1S/C15H23NO3/c1-15(2,3)19-14(18)16(4)13-9-7-12(8-10-13)6-5-11-17/h7-10,17H,5-6,11H2,1-4H3. The van der Waals surface area contributed by atoms with Crippen LogP contribution in [-0.4, -0.2) is 30.5 Å². The van der Waals surface area contributed by atoms with Crippen molar-refractivity contribution in [2.24, 2.45) is 0 Å². The van der Waals surface area contributed by atoms with Gasteiger partial charge in [0.25, 0.3) is 0 Å². The van der Waals surface area contributed by atoms with Gasteiger partial charge in [0, 0.05) is 19.3 Å². The van der Waals surface area contributed by atoms with Gasteiger partial charge in [-0.05, 0) is 51.3 Å². The average molecular weight is 265 g/mol. The molecule has 1 amide bonds. The maximum atomic E-state index is 11.9. The highest BCUT2D eigenvalue weighted by Gasteiger charge is 2.20. The van der Waals surface area contributed by atoms with Crippen LogP contribution in [-0.2, 0) is 11.2 Å². The summed E-state index contributed by atoms with van der Waals surface area (Å²) in [5.41, 5.74) is 1.45. The van der Waals surface area contributed by atoms with Crippen molar-refractivity contribution in [3.63, 3.8) is 0 Å². The third-order valence-corrected chi connectivity index (χ3v) is 2.61. The molecule has 0 saturated carbocycles. The molecule has 106 valence electrons. The smallest absolute Gasteiger partial charge is 0.414 e. The number of carbonyl (C=O) groups excluding carboxylic acids is 1. The lowest BCUT2D eigenvalue weighted by Gasteiger charge is -2.24. The zero-order chi connectivity index (χ0) is 14.5. The number of rotatable bonds is 4. The minimum atomic E-state index is -0.494. The second-order valence-electron chi connectivity index (χ2n) is 5.53. The lowest BCUT2D eigenvalue weighted by Crippen LogP contribution is -2.34. The average Bonchev–Trinajstić information content (AvgIpc) is 2.34. The number of aryl methyl sites for hydroxylation is 1. The molecular formula is C15H23NO3. The molecule has 1 aromatic rings. The molecule has 1 N–H and O–H groups in total. The van der Waals surface area contributed by atoms with Crippen molar-refractivity contribution in [3.8, 4) is 0 Å². The minimum absolute atomic E-state index is 0.194. The van der Waals surface area contributed by atoms with E-state index in [0.29, 0.717) is 0 Å². The Hall–Kier alpha value is -1.55. The molecule has 0 spiro atoms. The van der Waals surface area contributed by atoms with Gasteiger partial charge in [0.05, 0.1) is 0 Å². The number of hydrogen-bond acceptors (Lipinski definition) is 3. The van der Waals surface area contributed by atoms with Crippen molar-refractivity contribution in [2.75, 3.05) is 18.6 Å². The van der Waals surface area contributed by atoms with Gasteiger partial charge in [0.2, 0.25) is 0 Å². The molecule has 19 heavy (non-hydrogen) atoms. The molecule has 0 saturated heterocycles. The Bertz CT molecular complexity index is 406. The Balaban J connectivity index is 2.67. The SMILES string of the molecule is CN(C(=O)OC(C)(C)C)c1ccc(CCCO)cc1. The highest BCUT2D eigenvalue weighted by atomic mass is 16.6. The third kappa shape index (κ3) is 5.30. The Morgan fingerprint density at radius 3 is 2.32 bits per heavy atom. The monoisotopic (exact) mass is 265 g/mol. The van der Waals surface area contributed by atoms with Crippen LogP contribution in [0.3, 0.4) is 0 Å². The molecule has 0 aliphatic carbocycles. The quantitative estimate of drug-likeness (QED) is 0.910. The maximum Gasteiger partial charge on any atom is 0.414 e. The third-order valence-electron chi connectivity index (χ3n) is 2.61. The van der Waals surface area contributed by atoms with E-state index in [1.807, 2.05) is 45.0 Å². The lowest BCUT2D eigenvalue weighted by molar-refractivity contribution is 0.0589. The van der Waals surface area contributed by atoms with Crippen LogP contribution in [0, 0.1) is 0 Å². The summed E-state index contributed by atoms with van der Waals surface area (Å²) in [5, 5.41) is 8.78. The summed E-state index contributed by atoms with van der Waals surface area (Å²) in [6.45, 7) is 5.73. The van der Waals surface area contributed by atoms with Gasteiger partial charge in [-0.3, -0.25) is 4.90 Å². The van der Waals surface area contributed by atoms with Crippen LogP contribution in [0.2, 0.25) is 0 Å². The lowest BCUT2D eigenvalue weighted by atomic mass is 10.1. The summed E-state index contributed by atoms with van der Waals surface area (Å²) >= 11 is 0. The molecule has 0 radical (unpaired) electrons. The fraction of sp³-hybridized carbons (Fsp3) is 0.533. The topological polar surface area (TPSA) is 49.8 Å². The Morgan fingerprint density at radius 1 is 1.26 bits per heavy atom. The molecule has 4 nitrogen and oxygen atoms in total. The van der Waals surface area contributed by atoms with Crippen molar-refractivity contribution in [1.29, 1.82) is 0 Å². The Morgan fingerprint density at radius 2 is 1.84 bits per heavy atom. The summed E-state index contributed by atoms with van der Waals surface area (Å²) in [4.78, 5) is 13.4. The number of aliphatic hydroxyl groups is 1. The van der Waals surface area contributed by atoms with Crippen molar-refractivity contribution < 1.29 is 14.6 Å². The van der Waals surface area contributed by atoms with Crippen LogP contribution in [0.5, 0.6) is 0 Å². The van der Waals surface area contributed by atoms with Gasteiger partial charge in [-0.25, -0.2) is 4.79 Å². The highest BCUT2D eigenvalue weighted by molar-refractivity contribution is 5.87. The zero-order valence-corrected chi connectivity index (χ0v) is 12.1. The van der Waals surface area contributed by atoms with Crippen LogP contribution in [0.15, 0.2) is 24.3 Å². The molecule has 0 bridgehead atoms. The molecule has 0 unspecified atom stereocenters. The number of ether oxygens (including phenoxy) is 1. The van der Waals surface area contributed by atoms with Crippen LogP contribution in [0.4, 0.5) is 10.5 Å². The molecule has 4 heteroatoms. The first-order valence-corrected chi connectivity index (χ1v) is 6.50.